The van der Waals surface area contributed by atoms with Gasteiger partial charge in [0.2, 0.25) is 5.91 Å². The molecular weight excluding hydrogens is 316 g/mol. The standard InChI is InChI=1S/C14H13F2NO4S/c1-7(18)22-8-3-13(19)17(6-8)12-4-9(14(20)21-2)10(15)5-11(12)16/h4-5,8H,3,6H2,1-2H3. The predicted molar refractivity (Wildman–Crippen MR) is 76.7 cm³/mol. The van der Waals surface area contributed by atoms with Crippen LogP contribution in [-0.2, 0) is 14.3 Å². The Labute approximate surface area is 129 Å². The molecule has 1 aromatic carbocycles. The van der Waals surface area contributed by atoms with Gasteiger partial charge in [0.05, 0.1) is 18.4 Å². The topological polar surface area (TPSA) is 63.7 Å². The summed E-state index contributed by atoms with van der Waals surface area (Å²) in [5.41, 5.74) is -0.646. The van der Waals surface area contributed by atoms with Gasteiger partial charge in [0, 0.05) is 31.2 Å². The van der Waals surface area contributed by atoms with E-state index in [0.29, 0.717) is 6.07 Å². The zero-order chi connectivity index (χ0) is 16.4. The van der Waals surface area contributed by atoms with Gasteiger partial charge in [-0.1, -0.05) is 11.8 Å². The molecule has 8 heteroatoms. The minimum atomic E-state index is -1.06. The van der Waals surface area contributed by atoms with Crippen LogP contribution >= 0.6 is 11.8 Å². The third kappa shape index (κ3) is 3.27. The summed E-state index contributed by atoms with van der Waals surface area (Å²) in [5, 5.41) is -0.439. The Morgan fingerprint density at radius 3 is 2.59 bits per heavy atom. The molecule has 2 rings (SSSR count). The number of halogens is 2. The number of anilines is 1. The number of carbonyl (C=O) groups excluding carboxylic acids is 3. The van der Waals surface area contributed by atoms with Gasteiger partial charge in [0.15, 0.2) is 5.12 Å². The molecule has 0 spiro atoms. The third-order valence-corrected chi connectivity index (χ3v) is 4.14. The van der Waals surface area contributed by atoms with Crippen LogP contribution in [0.4, 0.5) is 14.5 Å². The first kappa shape index (κ1) is 16.4. The molecule has 0 aromatic heterocycles. The fraction of sp³-hybridized carbons (Fsp3) is 0.357. The lowest BCUT2D eigenvalue weighted by molar-refractivity contribution is -0.117. The number of ether oxygens (including phenoxy) is 1. The Balaban J connectivity index is 2.34. The quantitative estimate of drug-likeness (QED) is 0.795. The first-order valence-corrected chi connectivity index (χ1v) is 7.26. The molecule has 0 radical (unpaired) electrons. The first-order valence-electron chi connectivity index (χ1n) is 6.38. The van der Waals surface area contributed by atoms with E-state index in [9.17, 15) is 23.2 Å². The Morgan fingerprint density at radius 2 is 2.00 bits per heavy atom. The molecule has 1 fully saturated rings. The van der Waals surface area contributed by atoms with Gasteiger partial charge in [0.1, 0.15) is 11.6 Å². The normalized spacial score (nSPS) is 17.7. The highest BCUT2D eigenvalue weighted by Crippen LogP contribution is 2.31. The second-order valence-electron chi connectivity index (χ2n) is 4.71. The molecule has 1 heterocycles. The number of esters is 1. The Bertz CT molecular complexity index is 650. The van der Waals surface area contributed by atoms with Crippen LogP contribution in [0.15, 0.2) is 12.1 Å². The van der Waals surface area contributed by atoms with E-state index in [1.807, 2.05) is 0 Å². The maximum atomic E-state index is 14.0. The fourth-order valence-corrected chi connectivity index (χ4v) is 3.15. The summed E-state index contributed by atoms with van der Waals surface area (Å²) in [6, 6.07) is 1.50. The molecule has 1 atom stereocenters. The molecule has 5 nitrogen and oxygen atoms in total. The average Bonchev–Trinajstić information content (AvgIpc) is 2.78. The van der Waals surface area contributed by atoms with E-state index in [-0.39, 0.29) is 34.9 Å². The summed E-state index contributed by atoms with van der Waals surface area (Å²) in [6.07, 6.45) is 0.0780. The molecule has 118 valence electrons. The van der Waals surface area contributed by atoms with Crippen LogP contribution in [0.2, 0.25) is 0 Å². The average molecular weight is 329 g/mol. The van der Waals surface area contributed by atoms with Crippen molar-refractivity contribution in [2.45, 2.75) is 18.6 Å². The summed E-state index contributed by atoms with van der Waals surface area (Å²) in [6.45, 7) is 1.50. The van der Waals surface area contributed by atoms with Crippen molar-refractivity contribution in [2.24, 2.45) is 0 Å². The van der Waals surface area contributed by atoms with Crippen LogP contribution in [-0.4, -0.2) is 35.9 Å². The van der Waals surface area contributed by atoms with Gasteiger partial charge in [-0.2, -0.15) is 0 Å². The number of benzene rings is 1. The molecule has 1 aromatic rings. The smallest absolute Gasteiger partial charge is 0.340 e. The number of nitrogens with zero attached hydrogens (tertiary/aromatic N) is 1. The van der Waals surface area contributed by atoms with E-state index in [1.165, 1.54) is 6.92 Å². The summed E-state index contributed by atoms with van der Waals surface area (Å²) < 4.78 is 32.0. The summed E-state index contributed by atoms with van der Waals surface area (Å²) in [4.78, 5) is 35.7. The molecule has 0 saturated carbocycles. The minimum Gasteiger partial charge on any atom is -0.465 e. The Morgan fingerprint density at radius 1 is 1.32 bits per heavy atom. The van der Waals surface area contributed by atoms with Gasteiger partial charge < -0.3 is 9.64 Å². The van der Waals surface area contributed by atoms with Crippen molar-refractivity contribution in [3.8, 4) is 0 Å². The number of methoxy groups -OCH3 is 1. The van der Waals surface area contributed by atoms with Gasteiger partial charge >= 0.3 is 5.97 Å². The lowest BCUT2D eigenvalue weighted by atomic mass is 10.1. The fourth-order valence-electron chi connectivity index (χ4n) is 2.23. The second-order valence-corrected chi connectivity index (χ2v) is 6.19. The highest BCUT2D eigenvalue weighted by molar-refractivity contribution is 8.14. The van der Waals surface area contributed by atoms with Crippen LogP contribution in [0, 0.1) is 11.6 Å². The summed E-state index contributed by atoms with van der Waals surface area (Å²) in [5.74, 6) is -3.36. The van der Waals surface area contributed by atoms with E-state index >= 15 is 0 Å². The maximum Gasteiger partial charge on any atom is 0.340 e. The molecule has 22 heavy (non-hydrogen) atoms. The third-order valence-electron chi connectivity index (χ3n) is 3.15. The summed E-state index contributed by atoms with van der Waals surface area (Å²) >= 11 is 0.999. The van der Waals surface area contributed by atoms with Crippen LogP contribution in [0.25, 0.3) is 0 Å². The SMILES string of the molecule is COC(=O)c1cc(N2CC(SC(C)=O)CC2=O)c(F)cc1F. The zero-order valence-corrected chi connectivity index (χ0v) is 12.7. The molecule has 0 bridgehead atoms. The molecular formula is C14H13F2NO4S. The second kappa shape index (κ2) is 6.43. The van der Waals surface area contributed by atoms with E-state index < -0.39 is 23.2 Å². The van der Waals surface area contributed by atoms with Gasteiger partial charge in [-0.15, -0.1) is 0 Å². The minimum absolute atomic E-state index is 0.0780. The Kier molecular flexibility index (Phi) is 4.80. The first-order chi connectivity index (χ1) is 10.3. The van der Waals surface area contributed by atoms with Crippen molar-refractivity contribution >= 4 is 34.4 Å². The van der Waals surface area contributed by atoms with Crippen molar-refractivity contribution in [3.63, 3.8) is 0 Å². The monoisotopic (exact) mass is 329 g/mol. The van der Waals surface area contributed by atoms with Crippen LogP contribution in [0.3, 0.4) is 0 Å². The number of rotatable bonds is 3. The van der Waals surface area contributed by atoms with Crippen LogP contribution in [0.1, 0.15) is 23.7 Å². The van der Waals surface area contributed by atoms with Gasteiger partial charge in [-0.25, -0.2) is 13.6 Å². The zero-order valence-electron chi connectivity index (χ0n) is 11.9. The lowest BCUT2D eigenvalue weighted by Gasteiger charge is -2.18. The number of hydrogen-bond acceptors (Lipinski definition) is 5. The highest BCUT2D eigenvalue weighted by atomic mass is 32.2. The molecule has 1 saturated heterocycles. The number of amides is 1. The summed E-state index contributed by atoms with van der Waals surface area (Å²) in [7, 11) is 1.07. The molecule has 1 aliphatic rings. The van der Waals surface area contributed by atoms with Gasteiger partial charge in [-0.3, -0.25) is 9.59 Å². The molecule has 1 amide bonds. The van der Waals surface area contributed by atoms with Crippen LogP contribution in [0.5, 0.6) is 0 Å². The largest absolute Gasteiger partial charge is 0.465 e. The van der Waals surface area contributed by atoms with Crippen molar-refractivity contribution < 1.29 is 27.9 Å². The van der Waals surface area contributed by atoms with Gasteiger partial charge in [0.25, 0.3) is 0 Å². The van der Waals surface area contributed by atoms with E-state index in [0.717, 1.165) is 29.8 Å². The molecule has 1 aliphatic heterocycles. The Hall–Kier alpha value is -1.96. The lowest BCUT2D eigenvalue weighted by Crippen LogP contribution is -2.26. The highest BCUT2D eigenvalue weighted by Gasteiger charge is 2.34. The van der Waals surface area contributed by atoms with Crippen molar-refractivity contribution in [1.82, 2.24) is 0 Å². The predicted octanol–water partition coefficient (Wildman–Crippen LogP) is 2.14. The van der Waals surface area contributed by atoms with Crippen molar-refractivity contribution in [1.29, 1.82) is 0 Å². The maximum absolute atomic E-state index is 14.0. The van der Waals surface area contributed by atoms with Gasteiger partial charge in [-0.05, 0) is 6.07 Å². The molecule has 0 N–H and O–H groups in total. The number of hydrogen-bond donors (Lipinski definition) is 0. The van der Waals surface area contributed by atoms with E-state index in [2.05, 4.69) is 4.74 Å². The molecule has 1 unspecified atom stereocenters. The van der Waals surface area contributed by atoms with Crippen molar-refractivity contribution in [2.75, 3.05) is 18.6 Å². The van der Waals surface area contributed by atoms with E-state index in [1.54, 1.807) is 0 Å². The number of carbonyl (C=O) groups is 3. The van der Waals surface area contributed by atoms with Crippen molar-refractivity contribution in [3.05, 3.63) is 29.3 Å². The molecule has 0 aliphatic carbocycles. The van der Waals surface area contributed by atoms with E-state index in [4.69, 9.17) is 0 Å². The van der Waals surface area contributed by atoms with Crippen LogP contribution < -0.4 is 4.90 Å². The number of thioether (sulfide) groups is 1.